The van der Waals surface area contributed by atoms with Gasteiger partial charge in [-0.1, -0.05) is 0 Å². The van der Waals surface area contributed by atoms with Crippen molar-refractivity contribution in [1.82, 2.24) is 25.1 Å². The molecule has 0 radical (unpaired) electrons. The molecule has 3 heterocycles. The van der Waals surface area contributed by atoms with Crippen LogP contribution in [0.15, 0.2) is 0 Å². The molecule has 8 heteroatoms. The molecule has 0 spiro atoms. The lowest BCUT2D eigenvalue weighted by Gasteiger charge is -2.26. The maximum absolute atomic E-state index is 12.7. The molecule has 8 nitrogen and oxygen atoms in total. The summed E-state index contributed by atoms with van der Waals surface area (Å²) in [7, 11) is 0. The van der Waals surface area contributed by atoms with Gasteiger partial charge in [0.05, 0.1) is 18.9 Å². The summed E-state index contributed by atoms with van der Waals surface area (Å²) >= 11 is 0. The van der Waals surface area contributed by atoms with Crippen molar-refractivity contribution in [2.45, 2.75) is 44.7 Å². The molecule has 26 heavy (non-hydrogen) atoms. The highest BCUT2D eigenvalue weighted by Crippen LogP contribution is 2.23. The standard InChI is InChI=1S/C18H27N5O3/c24-17(19-6-8-22-9-11-26-12-10-22)15-14-3-1-2-7-23(14)16(21-15)18(25)20-13-4-5-13/h13H,1-12H2,(H,19,24)(H,20,25). The fourth-order valence-corrected chi connectivity index (χ4v) is 3.61. The number of nitrogens with zero attached hydrogens (tertiary/aromatic N) is 3. The van der Waals surface area contributed by atoms with Gasteiger partial charge in [0.25, 0.3) is 11.8 Å². The van der Waals surface area contributed by atoms with Crippen molar-refractivity contribution >= 4 is 11.8 Å². The molecule has 2 fully saturated rings. The highest BCUT2D eigenvalue weighted by atomic mass is 16.5. The zero-order valence-corrected chi connectivity index (χ0v) is 15.1. The van der Waals surface area contributed by atoms with Gasteiger partial charge in [-0.3, -0.25) is 14.5 Å². The Balaban J connectivity index is 1.41. The van der Waals surface area contributed by atoms with Gasteiger partial charge in [-0.05, 0) is 32.1 Å². The highest BCUT2D eigenvalue weighted by molar-refractivity contribution is 5.97. The second kappa shape index (κ2) is 7.75. The van der Waals surface area contributed by atoms with Crippen LogP contribution in [0, 0.1) is 0 Å². The monoisotopic (exact) mass is 361 g/mol. The van der Waals surface area contributed by atoms with E-state index >= 15 is 0 Å². The van der Waals surface area contributed by atoms with E-state index in [1.807, 2.05) is 4.57 Å². The van der Waals surface area contributed by atoms with Crippen molar-refractivity contribution < 1.29 is 14.3 Å². The van der Waals surface area contributed by atoms with Crippen LogP contribution in [-0.2, 0) is 17.7 Å². The molecule has 0 atom stereocenters. The minimum absolute atomic E-state index is 0.150. The van der Waals surface area contributed by atoms with Gasteiger partial charge in [0.1, 0.15) is 5.69 Å². The van der Waals surface area contributed by atoms with Crippen molar-refractivity contribution in [3.63, 3.8) is 0 Å². The Hall–Kier alpha value is -1.93. The number of carbonyl (C=O) groups is 2. The lowest BCUT2D eigenvalue weighted by atomic mass is 10.1. The maximum atomic E-state index is 12.7. The van der Waals surface area contributed by atoms with E-state index in [2.05, 4.69) is 20.5 Å². The number of carbonyl (C=O) groups excluding carboxylic acids is 2. The number of fused-ring (bicyclic) bond motifs is 1. The molecule has 1 aromatic heterocycles. The quantitative estimate of drug-likeness (QED) is 0.754. The van der Waals surface area contributed by atoms with Gasteiger partial charge in [0.2, 0.25) is 0 Å². The summed E-state index contributed by atoms with van der Waals surface area (Å²) in [4.78, 5) is 31.9. The highest BCUT2D eigenvalue weighted by Gasteiger charge is 2.30. The van der Waals surface area contributed by atoms with E-state index in [4.69, 9.17) is 4.74 Å². The lowest BCUT2D eigenvalue weighted by Crippen LogP contribution is -2.41. The molecule has 3 aliphatic rings. The molecular formula is C18H27N5O3. The van der Waals surface area contributed by atoms with Gasteiger partial charge in [-0.25, -0.2) is 4.98 Å². The smallest absolute Gasteiger partial charge is 0.287 e. The van der Waals surface area contributed by atoms with Crippen LogP contribution in [-0.4, -0.2) is 71.7 Å². The first-order valence-electron chi connectivity index (χ1n) is 9.71. The summed E-state index contributed by atoms with van der Waals surface area (Å²) in [6, 6.07) is 0.282. The number of hydrogen-bond donors (Lipinski definition) is 2. The average molecular weight is 361 g/mol. The van der Waals surface area contributed by atoms with Gasteiger partial charge in [0.15, 0.2) is 5.82 Å². The molecule has 4 rings (SSSR count). The maximum Gasteiger partial charge on any atom is 0.287 e. The van der Waals surface area contributed by atoms with Crippen molar-refractivity contribution in [2.24, 2.45) is 0 Å². The second-order valence-electron chi connectivity index (χ2n) is 7.30. The minimum Gasteiger partial charge on any atom is -0.379 e. The fraction of sp³-hybridized carbons (Fsp3) is 0.722. The number of hydrogen-bond acceptors (Lipinski definition) is 5. The van der Waals surface area contributed by atoms with Crippen LogP contribution in [0.25, 0.3) is 0 Å². The van der Waals surface area contributed by atoms with Crippen LogP contribution in [0.4, 0.5) is 0 Å². The van der Waals surface area contributed by atoms with Gasteiger partial charge >= 0.3 is 0 Å². The largest absolute Gasteiger partial charge is 0.379 e. The van der Waals surface area contributed by atoms with Crippen LogP contribution in [0.3, 0.4) is 0 Å². The first-order chi connectivity index (χ1) is 12.7. The fourth-order valence-electron chi connectivity index (χ4n) is 3.61. The zero-order chi connectivity index (χ0) is 17.9. The molecule has 1 saturated carbocycles. The summed E-state index contributed by atoms with van der Waals surface area (Å²) in [6.45, 7) is 5.46. The van der Waals surface area contributed by atoms with Crippen LogP contribution in [0.5, 0.6) is 0 Å². The van der Waals surface area contributed by atoms with Crippen molar-refractivity contribution in [3.8, 4) is 0 Å². The summed E-state index contributed by atoms with van der Waals surface area (Å²) in [6.07, 6.45) is 4.92. The third kappa shape index (κ3) is 3.91. The molecule has 0 aromatic carbocycles. The van der Waals surface area contributed by atoms with Crippen LogP contribution in [0.1, 0.15) is 52.5 Å². The zero-order valence-electron chi connectivity index (χ0n) is 15.1. The molecule has 2 aliphatic heterocycles. The predicted molar refractivity (Wildman–Crippen MR) is 95.2 cm³/mol. The molecule has 1 aromatic rings. The van der Waals surface area contributed by atoms with Gasteiger partial charge in [-0.15, -0.1) is 0 Å². The van der Waals surface area contributed by atoms with E-state index in [0.717, 1.165) is 77.2 Å². The third-order valence-electron chi connectivity index (χ3n) is 5.27. The van der Waals surface area contributed by atoms with Crippen LogP contribution in [0.2, 0.25) is 0 Å². The molecule has 142 valence electrons. The Labute approximate surface area is 153 Å². The van der Waals surface area contributed by atoms with Crippen LogP contribution < -0.4 is 10.6 Å². The first-order valence-corrected chi connectivity index (χ1v) is 9.71. The average Bonchev–Trinajstić information content (AvgIpc) is 3.39. The number of imidazole rings is 1. The Kier molecular flexibility index (Phi) is 5.21. The van der Waals surface area contributed by atoms with E-state index < -0.39 is 0 Å². The van der Waals surface area contributed by atoms with Gasteiger partial charge in [0, 0.05) is 38.8 Å². The number of nitrogens with one attached hydrogen (secondary N) is 2. The van der Waals surface area contributed by atoms with E-state index in [1.165, 1.54) is 0 Å². The SMILES string of the molecule is O=C(NCCN1CCOCC1)c1nc(C(=O)NC2CC2)n2c1CCCC2. The number of morpholine rings is 1. The Bertz CT molecular complexity index is 677. The first kappa shape index (κ1) is 17.5. The van der Waals surface area contributed by atoms with E-state index in [-0.39, 0.29) is 17.9 Å². The predicted octanol–water partition coefficient (Wildman–Crippen LogP) is 0.174. The van der Waals surface area contributed by atoms with Gasteiger partial charge < -0.3 is 19.9 Å². The Morgan fingerprint density at radius 1 is 1.12 bits per heavy atom. The Morgan fingerprint density at radius 2 is 1.92 bits per heavy atom. The summed E-state index contributed by atoms with van der Waals surface area (Å²) < 4.78 is 7.28. The number of rotatable bonds is 6. The number of ether oxygens (including phenoxy) is 1. The minimum atomic E-state index is -0.172. The molecule has 0 bridgehead atoms. The topological polar surface area (TPSA) is 88.5 Å². The summed E-state index contributed by atoms with van der Waals surface area (Å²) in [5.41, 5.74) is 1.33. The van der Waals surface area contributed by atoms with Crippen LogP contribution >= 0.6 is 0 Å². The molecule has 0 unspecified atom stereocenters. The molecule has 1 aliphatic carbocycles. The summed E-state index contributed by atoms with van der Waals surface area (Å²) in [5.74, 6) is 0.0716. The normalized spacial score (nSPS) is 20.5. The third-order valence-corrected chi connectivity index (χ3v) is 5.27. The van der Waals surface area contributed by atoms with Crippen molar-refractivity contribution in [2.75, 3.05) is 39.4 Å². The molecule has 2 amide bonds. The summed E-state index contributed by atoms with van der Waals surface area (Å²) in [5, 5.41) is 5.96. The molecular weight excluding hydrogens is 334 g/mol. The van der Waals surface area contributed by atoms with E-state index in [1.54, 1.807) is 0 Å². The van der Waals surface area contributed by atoms with E-state index in [0.29, 0.717) is 18.1 Å². The Morgan fingerprint density at radius 3 is 2.69 bits per heavy atom. The number of amides is 2. The van der Waals surface area contributed by atoms with Crippen molar-refractivity contribution in [3.05, 3.63) is 17.2 Å². The van der Waals surface area contributed by atoms with E-state index in [9.17, 15) is 9.59 Å². The lowest BCUT2D eigenvalue weighted by molar-refractivity contribution is 0.0383. The second-order valence-corrected chi connectivity index (χ2v) is 7.30. The van der Waals surface area contributed by atoms with Gasteiger partial charge in [-0.2, -0.15) is 0 Å². The molecule has 1 saturated heterocycles. The number of aromatic nitrogens is 2. The van der Waals surface area contributed by atoms with Crippen molar-refractivity contribution in [1.29, 1.82) is 0 Å². The molecule has 2 N–H and O–H groups in total.